The van der Waals surface area contributed by atoms with Crippen LogP contribution in [0.15, 0.2) is 36.5 Å². The number of halogens is 2. The molecular weight excluding hydrogens is 311 g/mol. The van der Waals surface area contributed by atoms with Gasteiger partial charge in [-0.25, -0.2) is 14.2 Å². The van der Waals surface area contributed by atoms with E-state index >= 15 is 0 Å². The number of benzene rings is 1. The number of rotatable bonds is 4. The Morgan fingerprint density at radius 1 is 1.32 bits per heavy atom. The van der Waals surface area contributed by atoms with Gasteiger partial charge in [0.25, 0.3) is 5.91 Å². The third-order valence-corrected chi connectivity index (χ3v) is 2.96. The van der Waals surface area contributed by atoms with Crippen molar-refractivity contribution in [2.24, 2.45) is 0 Å². The van der Waals surface area contributed by atoms with Crippen LogP contribution in [-0.4, -0.2) is 23.5 Å². The molecule has 0 bridgehead atoms. The average molecular weight is 323 g/mol. The molecule has 0 radical (unpaired) electrons. The van der Waals surface area contributed by atoms with Crippen molar-refractivity contribution in [2.75, 3.05) is 11.9 Å². The maximum Gasteiger partial charge on any atom is 0.357 e. The van der Waals surface area contributed by atoms with Crippen molar-refractivity contribution in [1.29, 1.82) is 0 Å². The molecule has 0 aliphatic rings. The van der Waals surface area contributed by atoms with Crippen molar-refractivity contribution in [3.8, 4) is 0 Å². The lowest BCUT2D eigenvalue weighted by atomic mass is 10.2. The van der Waals surface area contributed by atoms with E-state index in [9.17, 15) is 14.0 Å². The number of hydrogen-bond donors (Lipinski definition) is 1. The number of hydrogen-bond acceptors (Lipinski definition) is 4. The Hall–Kier alpha value is -2.47. The van der Waals surface area contributed by atoms with Crippen LogP contribution in [-0.2, 0) is 9.53 Å². The molecule has 0 spiro atoms. The van der Waals surface area contributed by atoms with Gasteiger partial charge in [0.1, 0.15) is 11.5 Å². The molecule has 2 rings (SSSR count). The van der Waals surface area contributed by atoms with Gasteiger partial charge in [-0.3, -0.25) is 4.79 Å². The smallest absolute Gasteiger partial charge is 0.357 e. The van der Waals surface area contributed by atoms with Crippen LogP contribution in [0.3, 0.4) is 0 Å². The van der Waals surface area contributed by atoms with E-state index in [0.29, 0.717) is 10.6 Å². The Morgan fingerprint density at radius 3 is 2.77 bits per heavy atom. The Bertz CT molecular complexity index is 722. The molecule has 0 fully saturated rings. The number of amides is 1. The molecule has 0 aliphatic carbocycles. The van der Waals surface area contributed by atoms with E-state index in [1.807, 2.05) is 0 Å². The summed E-state index contributed by atoms with van der Waals surface area (Å²) >= 11 is 5.72. The number of ether oxygens (including phenoxy) is 1. The molecule has 2 aromatic rings. The highest BCUT2D eigenvalue weighted by Crippen LogP contribution is 2.13. The van der Waals surface area contributed by atoms with E-state index in [1.165, 1.54) is 30.5 Å². The minimum atomic E-state index is -0.771. The lowest BCUT2D eigenvalue weighted by Crippen LogP contribution is -2.21. The van der Waals surface area contributed by atoms with Crippen molar-refractivity contribution in [2.45, 2.75) is 6.92 Å². The number of aryl methyl sites for hydroxylation is 1. The molecule has 1 amide bonds. The van der Waals surface area contributed by atoms with Crippen LogP contribution in [0.5, 0.6) is 0 Å². The fourth-order valence-electron chi connectivity index (χ4n) is 1.59. The van der Waals surface area contributed by atoms with Crippen LogP contribution in [0.4, 0.5) is 10.1 Å². The lowest BCUT2D eigenvalue weighted by Gasteiger charge is -2.07. The van der Waals surface area contributed by atoms with E-state index < -0.39 is 24.3 Å². The summed E-state index contributed by atoms with van der Waals surface area (Å²) in [5, 5.41) is 2.76. The lowest BCUT2D eigenvalue weighted by molar-refractivity contribution is -0.119. The predicted molar refractivity (Wildman–Crippen MR) is 79.3 cm³/mol. The van der Waals surface area contributed by atoms with E-state index in [-0.39, 0.29) is 11.4 Å². The minimum Gasteiger partial charge on any atom is -0.451 e. The van der Waals surface area contributed by atoms with Crippen LogP contribution in [0, 0.1) is 12.7 Å². The zero-order valence-electron chi connectivity index (χ0n) is 11.6. The molecule has 0 aliphatic heterocycles. The standard InChI is InChI=1S/C15H12ClFN2O3/c1-9-2-3-11(7-12(9)17)19-14(20)8-22-15(21)13-6-10(16)4-5-18-13/h2-7H,8H2,1H3,(H,19,20). The highest BCUT2D eigenvalue weighted by Gasteiger charge is 2.12. The van der Waals surface area contributed by atoms with Gasteiger partial charge in [0.2, 0.25) is 0 Å². The number of esters is 1. The summed E-state index contributed by atoms with van der Waals surface area (Å²) in [5.74, 6) is -1.79. The van der Waals surface area contributed by atoms with Crippen molar-refractivity contribution < 1.29 is 18.7 Å². The number of carbonyl (C=O) groups is 2. The predicted octanol–water partition coefficient (Wildman–Crippen LogP) is 2.98. The average Bonchev–Trinajstić information content (AvgIpc) is 2.48. The fourth-order valence-corrected chi connectivity index (χ4v) is 1.75. The normalized spacial score (nSPS) is 10.1. The summed E-state index contributed by atoms with van der Waals surface area (Å²) in [4.78, 5) is 27.1. The topological polar surface area (TPSA) is 68.3 Å². The number of nitrogens with one attached hydrogen (secondary N) is 1. The summed E-state index contributed by atoms with van der Waals surface area (Å²) in [5.41, 5.74) is 0.753. The summed E-state index contributed by atoms with van der Waals surface area (Å²) in [6.07, 6.45) is 1.36. The quantitative estimate of drug-likeness (QED) is 0.879. The number of nitrogens with zero attached hydrogens (tertiary/aromatic N) is 1. The Labute approximate surface area is 131 Å². The van der Waals surface area contributed by atoms with Crippen LogP contribution >= 0.6 is 11.6 Å². The summed E-state index contributed by atoms with van der Waals surface area (Å²) in [7, 11) is 0. The first-order chi connectivity index (χ1) is 10.5. The molecule has 1 heterocycles. The van der Waals surface area contributed by atoms with Gasteiger partial charge < -0.3 is 10.1 Å². The molecule has 1 aromatic carbocycles. The highest BCUT2D eigenvalue weighted by atomic mass is 35.5. The summed E-state index contributed by atoms with van der Waals surface area (Å²) < 4.78 is 18.2. The minimum absolute atomic E-state index is 0.00156. The van der Waals surface area contributed by atoms with Gasteiger partial charge in [-0.2, -0.15) is 0 Å². The van der Waals surface area contributed by atoms with Gasteiger partial charge in [-0.1, -0.05) is 17.7 Å². The van der Waals surface area contributed by atoms with Crippen LogP contribution in [0.2, 0.25) is 5.02 Å². The first-order valence-electron chi connectivity index (χ1n) is 6.30. The van der Waals surface area contributed by atoms with Gasteiger partial charge in [-0.15, -0.1) is 0 Å². The van der Waals surface area contributed by atoms with Crippen molar-refractivity contribution in [1.82, 2.24) is 4.98 Å². The molecule has 0 atom stereocenters. The SMILES string of the molecule is Cc1ccc(NC(=O)COC(=O)c2cc(Cl)ccn2)cc1F. The summed E-state index contributed by atoms with van der Waals surface area (Å²) in [6.45, 7) is 1.10. The van der Waals surface area contributed by atoms with E-state index in [0.717, 1.165) is 0 Å². The third kappa shape index (κ3) is 4.26. The van der Waals surface area contributed by atoms with Gasteiger partial charge in [0, 0.05) is 16.9 Å². The Kier molecular flexibility index (Phi) is 5.06. The van der Waals surface area contributed by atoms with Crippen molar-refractivity contribution >= 4 is 29.2 Å². The zero-order valence-corrected chi connectivity index (χ0v) is 12.4. The number of carbonyl (C=O) groups excluding carboxylic acids is 2. The molecule has 22 heavy (non-hydrogen) atoms. The van der Waals surface area contributed by atoms with Gasteiger partial charge >= 0.3 is 5.97 Å². The molecule has 0 saturated heterocycles. The van der Waals surface area contributed by atoms with Crippen LogP contribution in [0.1, 0.15) is 16.1 Å². The van der Waals surface area contributed by atoms with Crippen LogP contribution in [0.25, 0.3) is 0 Å². The largest absolute Gasteiger partial charge is 0.451 e. The maximum absolute atomic E-state index is 13.3. The van der Waals surface area contributed by atoms with Crippen LogP contribution < -0.4 is 5.32 Å². The molecule has 0 saturated carbocycles. The maximum atomic E-state index is 13.3. The monoisotopic (exact) mass is 322 g/mol. The molecular formula is C15H12ClFN2O3. The molecule has 1 N–H and O–H groups in total. The molecule has 5 nitrogen and oxygen atoms in total. The first-order valence-corrected chi connectivity index (χ1v) is 6.68. The molecule has 1 aromatic heterocycles. The number of pyridine rings is 1. The Morgan fingerprint density at radius 2 is 2.09 bits per heavy atom. The molecule has 114 valence electrons. The van der Waals surface area contributed by atoms with E-state index in [1.54, 1.807) is 13.0 Å². The second-order valence-corrected chi connectivity index (χ2v) is 4.88. The molecule has 7 heteroatoms. The van der Waals surface area contributed by atoms with Crippen molar-refractivity contribution in [3.05, 3.63) is 58.6 Å². The fraction of sp³-hybridized carbons (Fsp3) is 0.133. The Balaban J connectivity index is 1.90. The third-order valence-electron chi connectivity index (χ3n) is 2.72. The van der Waals surface area contributed by atoms with Gasteiger partial charge in [-0.05, 0) is 36.8 Å². The highest BCUT2D eigenvalue weighted by molar-refractivity contribution is 6.30. The second-order valence-electron chi connectivity index (χ2n) is 4.45. The number of anilines is 1. The van der Waals surface area contributed by atoms with Gasteiger partial charge in [0.15, 0.2) is 6.61 Å². The summed E-state index contributed by atoms with van der Waals surface area (Å²) in [6, 6.07) is 7.12. The van der Waals surface area contributed by atoms with Gasteiger partial charge in [0.05, 0.1) is 0 Å². The number of aromatic nitrogens is 1. The molecule has 0 unspecified atom stereocenters. The second kappa shape index (κ2) is 7.00. The van der Waals surface area contributed by atoms with E-state index in [4.69, 9.17) is 16.3 Å². The first kappa shape index (κ1) is 15.9. The van der Waals surface area contributed by atoms with E-state index in [2.05, 4.69) is 10.3 Å². The zero-order chi connectivity index (χ0) is 16.1. The van der Waals surface area contributed by atoms with Crippen molar-refractivity contribution in [3.63, 3.8) is 0 Å².